The summed E-state index contributed by atoms with van der Waals surface area (Å²) in [5.41, 5.74) is 0.946. The van der Waals surface area contributed by atoms with Crippen LogP contribution in [0.4, 0.5) is 0 Å². The maximum absolute atomic E-state index is 12.0. The first-order valence-electron chi connectivity index (χ1n) is 4.93. The van der Waals surface area contributed by atoms with Crippen molar-refractivity contribution in [2.24, 2.45) is 5.41 Å². The van der Waals surface area contributed by atoms with Gasteiger partial charge in [-0.3, -0.25) is 0 Å². The molecule has 4 heteroatoms. The molecule has 74 valence electrons. The molecule has 0 radical (unpaired) electrons. The van der Waals surface area contributed by atoms with Crippen LogP contribution >= 0.6 is 0 Å². The summed E-state index contributed by atoms with van der Waals surface area (Å²) >= 11 is 0. The Balaban J connectivity index is 2.34. The van der Waals surface area contributed by atoms with Crippen LogP contribution in [0, 0.1) is 5.41 Å². The van der Waals surface area contributed by atoms with E-state index in [0.29, 0.717) is 0 Å². The van der Waals surface area contributed by atoms with E-state index in [-0.39, 0.29) is 11.3 Å². The summed E-state index contributed by atoms with van der Waals surface area (Å²) in [6, 6.07) is 0. The van der Waals surface area contributed by atoms with E-state index in [1.54, 1.807) is 11.9 Å². The van der Waals surface area contributed by atoms with Crippen LogP contribution in [0.15, 0.2) is 11.8 Å². The van der Waals surface area contributed by atoms with Gasteiger partial charge in [0.1, 0.15) is 0 Å². The topological polar surface area (TPSA) is 23.6 Å². The standard InChI is InChI=1S/C10H15BN2O/c1-10-7-12(3)5-4-8(10)6-13(11-2)9(10)14/h6H,2,4-5,7H2,1,3H3. The van der Waals surface area contributed by atoms with Gasteiger partial charge in [0.15, 0.2) is 0 Å². The predicted octanol–water partition coefficient (Wildman–Crippen LogP) is 0.105. The van der Waals surface area contributed by atoms with Gasteiger partial charge >= 0.3 is 84.6 Å². The average Bonchev–Trinajstić information content (AvgIpc) is 2.39. The van der Waals surface area contributed by atoms with Crippen LogP contribution in [0.5, 0.6) is 0 Å². The third-order valence-corrected chi connectivity index (χ3v) is 3.26. The zero-order chi connectivity index (χ0) is 10.3. The molecule has 0 aromatic heterocycles. The van der Waals surface area contributed by atoms with E-state index < -0.39 is 0 Å². The van der Waals surface area contributed by atoms with Crippen molar-refractivity contribution >= 4 is 19.4 Å². The first kappa shape index (κ1) is 9.65. The molecular weight excluding hydrogens is 175 g/mol. The van der Waals surface area contributed by atoms with Crippen molar-refractivity contribution in [3.63, 3.8) is 0 Å². The number of carbonyl (C=O) groups is 1. The molecule has 0 aromatic rings. The summed E-state index contributed by atoms with van der Waals surface area (Å²) in [5, 5.41) is 0. The van der Waals surface area contributed by atoms with Gasteiger partial charge in [0.05, 0.1) is 0 Å². The van der Waals surface area contributed by atoms with Gasteiger partial charge < -0.3 is 0 Å². The molecule has 0 spiro atoms. The molecule has 0 aliphatic carbocycles. The molecule has 2 heterocycles. The molecule has 3 nitrogen and oxygen atoms in total. The summed E-state index contributed by atoms with van der Waals surface area (Å²) in [6.07, 6.45) is 2.94. The van der Waals surface area contributed by atoms with E-state index in [0.717, 1.165) is 19.5 Å². The number of hydrogen-bond acceptors (Lipinski definition) is 2. The van der Waals surface area contributed by atoms with Gasteiger partial charge in [0.2, 0.25) is 0 Å². The second-order valence-electron chi connectivity index (χ2n) is 4.37. The van der Waals surface area contributed by atoms with Crippen LogP contribution in [-0.2, 0) is 4.79 Å². The first-order valence-corrected chi connectivity index (χ1v) is 4.93. The quantitative estimate of drug-likeness (QED) is 0.547. The molecule has 2 aliphatic rings. The molecule has 2 rings (SSSR count). The molecule has 0 aromatic carbocycles. The Kier molecular flexibility index (Phi) is 2.11. The third-order valence-electron chi connectivity index (χ3n) is 3.26. The van der Waals surface area contributed by atoms with Crippen LogP contribution in [0.2, 0.25) is 0 Å². The van der Waals surface area contributed by atoms with E-state index in [9.17, 15) is 4.79 Å². The fourth-order valence-corrected chi connectivity index (χ4v) is 2.37. The van der Waals surface area contributed by atoms with E-state index >= 15 is 0 Å². The van der Waals surface area contributed by atoms with Gasteiger partial charge in [-0.25, -0.2) is 0 Å². The number of fused-ring (bicyclic) bond motifs is 1. The number of carbonyl (C=O) groups excluding carboxylic acids is 1. The Morgan fingerprint density at radius 1 is 1.64 bits per heavy atom. The second kappa shape index (κ2) is 3.06. The van der Waals surface area contributed by atoms with Gasteiger partial charge in [-0.05, 0) is 0 Å². The van der Waals surface area contributed by atoms with Crippen molar-refractivity contribution in [2.75, 3.05) is 20.1 Å². The van der Waals surface area contributed by atoms with E-state index in [2.05, 4.69) is 18.4 Å². The zero-order valence-electron chi connectivity index (χ0n) is 8.79. The molecule has 1 unspecified atom stereocenters. The minimum absolute atomic E-state index is 0.161. The van der Waals surface area contributed by atoms with Crippen molar-refractivity contribution in [2.45, 2.75) is 13.3 Å². The Morgan fingerprint density at radius 3 is 3.00 bits per heavy atom. The number of piperidine rings is 1. The molecule has 1 amide bonds. The normalized spacial score (nSPS) is 32.6. The number of rotatable bonds is 1. The van der Waals surface area contributed by atoms with Gasteiger partial charge in [-0.15, -0.1) is 0 Å². The maximum atomic E-state index is 12.0. The molecular formula is C10H15BN2O. The molecule has 1 fully saturated rings. The molecule has 0 N–H and O–H groups in total. The number of likely N-dealkylation sites (tertiary alicyclic amines) is 1. The van der Waals surface area contributed by atoms with Crippen LogP contribution in [0.1, 0.15) is 13.3 Å². The van der Waals surface area contributed by atoms with Crippen molar-refractivity contribution in [1.82, 2.24) is 9.71 Å². The summed E-state index contributed by atoms with van der Waals surface area (Å²) in [7, 11) is 3.66. The fraction of sp³-hybridized carbons (Fsp3) is 0.600. The second-order valence-corrected chi connectivity index (χ2v) is 4.37. The average molecular weight is 190 g/mol. The van der Waals surface area contributed by atoms with E-state index in [1.807, 2.05) is 13.1 Å². The van der Waals surface area contributed by atoms with Crippen LogP contribution < -0.4 is 0 Å². The third kappa shape index (κ3) is 1.17. The van der Waals surface area contributed by atoms with Crippen molar-refractivity contribution in [1.29, 1.82) is 0 Å². The van der Waals surface area contributed by atoms with Gasteiger partial charge in [-0.1, -0.05) is 0 Å². The zero-order valence-corrected chi connectivity index (χ0v) is 8.79. The minimum atomic E-state index is -0.304. The molecule has 1 saturated heterocycles. The first-order chi connectivity index (χ1) is 6.58. The number of nitrogens with zero attached hydrogens (tertiary/aromatic N) is 2. The van der Waals surface area contributed by atoms with Crippen molar-refractivity contribution < 1.29 is 4.79 Å². The van der Waals surface area contributed by atoms with E-state index in [4.69, 9.17) is 0 Å². The molecule has 14 heavy (non-hydrogen) atoms. The SMILES string of the molecule is C=BN1C=C2CCN(C)CC2(C)C1=O. The number of amides is 1. The Morgan fingerprint density at radius 2 is 2.36 bits per heavy atom. The monoisotopic (exact) mass is 190 g/mol. The molecule has 1 atom stereocenters. The van der Waals surface area contributed by atoms with Crippen molar-refractivity contribution in [3.8, 4) is 0 Å². The molecule has 0 bridgehead atoms. The molecule has 0 saturated carbocycles. The van der Waals surface area contributed by atoms with Crippen LogP contribution in [-0.4, -0.2) is 49.3 Å². The van der Waals surface area contributed by atoms with E-state index in [1.165, 1.54) is 5.57 Å². The fourth-order valence-electron chi connectivity index (χ4n) is 2.37. The Bertz CT molecular complexity index is 326. The Labute approximate surface area is 85.3 Å². The summed E-state index contributed by atoms with van der Waals surface area (Å²) in [5.74, 6) is 0.161. The van der Waals surface area contributed by atoms with Gasteiger partial charge in [0, 0.05) is 0 Å². The van der Waals surface area contributed by atoms with Gasteiger partial charge in [-0.2, -0.15) is 0 Å². The summed E-state index contributed by atoms with van der Waals surface area (Å²) in [4.78, 5) is 15.8. The number of hydrogen-bond donors (Lipinski definition) is 0. The summed E-state index contributed by atoms with van der Waals surface area (Å²) in [6.45, 7) is 7.54. The molecule has 2 aliphatic heterocycles. The van der Waals surface area contributed by atoms with Crippen LogP contribution in [0.25, 0.3) is 0 Å². The predicted molar refractivity (Wildman–Crippen MR) is 58.0 cm³/mol. The summed E-state index contributed by atoms with van der Waals surface area (Å²) < 4.78 is 0. The van der Waals surface area contributed by atoms with Crippen LogP contribution in [0.3, 0.4) is 0 Å². The van der Waals surface area contributed by atoms with Crippen molar-refractivity contribution in [3.05, 3.63) is 11.8 Å². The Hall–Kier alpha value is -0.895. The van der Waals surface area contributed by atoms with Gasteiger partial charge in [0.25, 0.3) is 0 Å².